The molecule has 8 nitrogen and oxygen atoms in total. The van der Waals surface area contributed by atoms with Gasteiger partial charge in [-0.25, -0.2) is 4.79 Å². The van der Waals surface area contributed by atoms with Crippen LogP contribution >= 0.6 is 0 Å². The molecule has 2 aromatic heterocycles. The van der Waals surface area contributed by atoms with Crippen molar-refractivity contribution in [3.8, 4) is 11.6 Å². The highest BCUT2D eigenvalue weighted by molar-refractivity contribution is 5.38. The average molecular weight is 328 g/mol. The number of aryl methyl sites for hydroxylation is 3. The lowest BCUT2D eigenvalue weighted by molar-refractivity contribution is 0.301. The summed E-state index contributed by atoms with van der Waals surface area (Å²) in [5, 5.41) is 15.6. The van der Waals surface area contributed by atoms with Crippen molar-refractivity contribution in [3.05, 3.63) is 57.6 Å². The molecule has 3 aromatic rings. The summed E-state index contributed by atoms with van der Waals surface area (Å²) >= 11 is 0. The van der Waals surface area contributed by atoms with Gasteiger partial charge < -0.3 is 4.74 Å². The van der Waals surface area contributed by atoms with Crippen LogP contribution in [0.1, 0.15) is 25.0 Å². The highest BCUT2D eigenvalue weighted by Gasteiger charge is 2.17. The summed E-state index contributed by atoms with van der Waals surface area (Å²) in [5.41, 5.74) is 2.11. The number of para-hydroxylation sites is 1. The molecule has 1 aromatic carbocycles. The van der Waals surface area contributed by atoms with Crippen LogP contribution in [0.25, 0.3) is 5.82 Å². The van der Waals surface area contributed by atoms with Crippen molar-refractivity contribution in [2.45, 2.75) is 26.9 Å². The topological polar surface area (TPSA) is 87.7 Å². The molecule has 0 fully saturated rings. The zero-order valence-corrected chi connectivity index (χ0v) is 13.7. The van der Waals surface area contributed by atoms with Crippen molar-refractivity contribution >= 4 is 0 Å². The third kappa shape index (κ3) is 2.90. The Morgan fingerprint density at radius 2 is 2.17 bits per heavy atom. The smallest absolute Gasteiger partial charge is 0.369 e. The molecule has 8 heteroatoms. The SMILES string of the molecule is [3H]c1ccc(OCc2c(CC)cnnc2-n2nnn(C)c2=O)c(C)c1. The number of nitrogens with zero attached hydrogens (tertiary/aromatic N) is 6. The average Bonchev–Trinajstić information content (AvgIpc) is 2.93. The molecule has 0 atom stereocenters. The van der Waals surface area contributed by atoms with Gasteiger partial charge in [-0.3, -0.25) is 0 Å². The molecule has 0 aliphatic carbocycles. The van der Waals surface area contributed by atoms with E-state index in [2.05, 4.69) is 20.6 Å². The Labute approximate surface area is 140 Å². The van der Waals surface area contributed by atoms with Gasteiger partial charge in [0, 0.05) is 12.6 Å². The number of ether oxygens (including phenoxy) is 1. The number of aromatic nitrogens is 6. The van der Waals surface area contributed by atoms with Crippen molar-refractivity contribution in [2.75, 3.05) is 0 Å². The minimum atomic E-state index is -0.404. The zero-order valence-electron chi connectivity index (χ0n) is 14.7. The summed E-state index contributed by atoms with van der Waals surface area (Å²) in [7, 11) is 1.52. The molecule has 0 bridgehead atoms. The van der Waals surface area contributed by atoms with Gasteiger partial charge in [0.2, 0.25) is 0 Å². The summed E-state index contributed by atoms with van der Waals surface area (Å²) in [4.78, 5) is 12.2. The van der Waals surface area contributed by atoms with E-state index < -0.39 is 5.69 Å². The van der Waals surface area contributed by atoms with Crippen LogP contribution in [0.5, 0.6) is 5.75 Å². The van der Waals surface area contributed by atoms with Crippen LogP contribution < -0.4 is 10.4 Å². The molecular formula is C16H18N6O2. The van der Waals surface area contributed by atoms with E-state index in [0.29, 0.717) is 24.0 Å². The Morgan fingerprint density at radius 3 is 2.83 bits per heavy atom. The molecule has 3 rings (SSSR count). The molecular weight excluding hydrogens is 308 g/mol. The van der Waals surface area contributed by atoms with E-state index in [9.17, 15) is 4.79 Å². The van der Waals surface area contributed by atoms with Crippen LogP contribution in [0.3, 0.4) is 0 Å². The van der Waals surface area contributed by atoms with Gasteiger partial charge >= 0.3 is 5.69 Å². The minimum Gasteiger partial charge on any atom is -0.488 e. The van der Waals surface area contributed by atoms with Gasteiger partial charge in [-0.15, -0.1) is 9.78 Å². The van der Waals surface area contributed by atoms with Crippen molar-refractivity contribution in [2.24, 2.45) is 7.05 Å². The largest absolute Gasteiger partial charge is 0.488 e. The second kappa shape index (κ2) is 6.61. The third-order valence-electron chi connectivity index (χ3n) is 3.72. The lowest BCUT2D eigenvalue weighted by Crippen LogP contribution is -2.25. The van der Waals surface area contributed by atoms with E-state index >= 15 is 0 Å². The van der Waals surface area contributed by atoms with E-state index in [1.807, 2.05) is 13.8 Å². The van der Waals surface area contributed by atoms with Crippen molar-refractivity contribution in [1.29, 1.82) is 0 Å². The number of rotatable bonds is 5. The lowest BCUT2D eigenvalue weighted by atomic mass is 10.1. The van der Waals surface area contributed by atoms with E-state index in [-0.39, 0.29) is 6.61 Å². The number of tetrazole rings is 1. The fourth-order valence-electron chi connectivity index (χ4n) is 2.33. The first-order valence-electron chi connectivity index (χ1n) is 8.04. The molecule has 2 heterocycles. The van der Waals surface area contributed by atoms with E-state index in [1.54, 1.807) is 24.4 Å². The summed E-state index contributed by atoms with van der Waals surface area (Å²) in [5.74, 6) is 0.986. The van der Waals surface area contributed by atoms with Gasteiger partial charge in [0.25, 0.3) is 0 Å². The van der Waals surface area contributed by atoms with Gasteiger partial charge in [0.05, 0.1) is 7.57 Å². The first kappa shape index (κ1) is 14.6. The van der Waals surface area contributed by atoms with Gasteiger partial charge in [-0.1, -0.05) is 25.1 Å². The molecule has 24 heavy (non-hydrogen) atoms. The predicted molar refractivity (Wildman–Crippen MR) is 87.1 cm³/mol. The summed E-state index contributed by atoms with van der Waals surface area (Å²) in [6.07, 6.45) is 2.37. The summed E-state index contributed by atoms with van der Waals surface area (Å²) in [6.45, 7) is 4.08. The maximum Gasteiger partial charge on any atom is 0.369 e. The highest BCUT2D eigenvalue weighted by atomic mass is 16.5. The Balaban J connectivity index is 1.99. The van der Waals surface area contributed by atoms with E-state index in [1.165, 1.54) is 7.05 Å². The number of hydrogen-bond acceptors (Lipinski definition) is 6. The van der Waals surface area contributed by atoms with Crippen molar-refractivity contribution in [1.82, 2.24) is 30.0 Å². The maximum atomic E-state index is 12.2. The van der Waals surface area contributed by atoms with E-state index in [4.69, 9.17) is 6.11 Å². The molecule has 0 aliphatic heterocycles. The highest BCUT2D eigenvalue weighted by Crippen LogP contribution is 2.21. The first-order chi connectivity index (χ1) is 12.0. The molecule has 0 aliphatic rings. The molecule has 124 valence electrons. The normalized spacial score (nSPS) is 11.4. The van der Waals surface area contributed by atoms with Crippen LogP contribution in [-0.2, 0) is 20.1 Å². The molecule has 0 N–H and O–H groups in total. The molecule has 0 amide bonds. The second-order valence-corrected chi connectivity index (χ2v) is 5.30. The fourth-order valence-corrected chi connectivity index (χ4v) is 2.33. The quantitative estimate of drug-likeness (QED) is 0.699. The Kier molecular flexibility index (Phi) is 4.01. The van der Waals surface area contributed by atoms with Gasteiger partial charge in [-0.05, 0) is 41.0 Å². The van der Waals surface area contributed by atoms with Crippen LogP contribution in [0.2, 0.25) is 0 Å². The number of hydrogen-bond donors (Lipinski definition) is 0. The molecule has 0 unspecified atom stereocenters. The van der Waals surface area contributed by atoms with Gasteiger partial charge in [-0.2, -0.15) is 9.78 Å². The lowest BCUT2D eigenvalue weighted by Gasteiger charge is -2.13. The summed E-state index contributed by atoms with van der Waals surface area (Å²) in [6, 6.07) is 5.58. The Morgan fingerprint density at radius 1 is 1.33 bits per heavy atom. The summed E-state index contributed by atoms with van der Waals surface area (Å²) < 4.78 is 15.8. The number of benzene rings is 1. The minimum absolute atomic E-state index is 0.204. The predicted octanol–water partition coefficient (Wildman–Crippen LogP) is 1.21. The van der Waals surface area contributed by atoms with Crippen LogP contribution in [-0.4, -0.2) is 30.0 Å². The van der Waals surface area contributed by atoms with E-state index in [0.717, 1.165) is 26.1 Å². The monoisotopic (exact) mass is 328 g/mol. The molecule has 0 saturated heterocycles. The Hall–Kier alpha value is -3.03. The van der Waals surface area contributed by atoms with Crippen molar-refractivity contribution in [3.63, 3.8) is 0 Å². The van der Waals surface area contributed by atoms with Crippen molar-refractivity contribution < 1.29 is 6.11 Å². The van der Waals surface area contributed by atoms with Gasteiger partial charge in [0.15, 0.2) is 5.82 Å². The fraction of sp³-hybridized carbons (Fsp3) is 0.312. The third-order valence-corrected chi connectivity index (χ3v) is 3.72. The van der Waals surface area contributed by atoms with Crippen LogP contribution in [0.15, 0.2) is 35.2 Å². The molecule has 0 saturated carbocycles. The van der Waals surface area contributed by atoms with Gasteiger partial charge in [0.1, 0.15) is 12.4 Å². The van der Waals surface area contributed by atoms with Crippen LogP contribution in [0.4, 0.5) is 0 Å². The van der Waals surface area contributed by atoms with Crippen LogP contribution in [0, 0.1) is 6.92 Å². The zero-order chi connectivity index (χ0) is 18.0. The molecule has 0 radical (unpaired) electrons. The first-order valence-corrected chi connectivity index (χ1v) is 7.54. The Bertz CT molecular complexity index is 965. The second-order valence-electron chi connectivity index (χ2n) is 5.30. The molecule has 0 spiro atoms. The standard InChI is InChI=1S/C16H18N6O2/c1-4-12-9-17-18-15(22-16(23)21(3)19-20-22)13(12)10-24-14-8-6-5-7-11(14)2/h5-9H,4,10H2,1-3H3/i5T. The maximum absolute atomic E-state index is 12.2.